The maximum Gasteiger partial charge on any atom is 0.315 e. The second-order valence-corrected chi connectivity index (χ2v) is 8.19. The molecule has 3 aromatic heterocycles. The molecule has 3 aromatic rings. The summed E-state index contributed by atoms with van der Waals surface area (Å²) in [4.78, 5) is 36.5. The zero-order chi connectivity index (χ0) is 23.9. The van der Waals surface area contributed by atoms with Crippen LogP contribution in [0.4, 0.5) is 0 Å². The van der Waals surface area contributed by atoms with Crippen LogP contribution in [0.1, 0.15) is 60.6 Å². The first kappa shape index (κ1) is 23.5. The van der Waals surface area contributed by atoms with E-state index in [0.29, 0.717) is 31.0 Å². The molecule has 1 atom stereocenters. The number of rotatable bonds is 8. The third kappa shape index (κ3) is 5.44. The van der Waals surface area contributed by atoms with Gasteiger partial charge in [0, 0.05) is 18.3 Å². The highest BCUT2D eigenvalue weighted by molar-refractivity contribution is 6.00. The van der Waals surface area contributed by atoms with Crippen LogP contribution in [0.2, 0.25) is 0 Å². The molecule has 0 radical (unpaired) electrons. The van der Waals surface area contributed by atoms with Crippen LogP contribution < -0.4 is 0 Å². The van der Waals surface area contributed by atoms with Crippen molar-refractivity contribution in [3.05, 3.63) is 71.1 Å². The largest absolute Gasteiger partial charge is 0.465 e. The minimum absolute atomic E-state index is 0.302. The van der Waals surface area contributed by atoms with Gasteiger partial charge < -0.3 is 9.57 Å². The number of fused-ring (bicyclic) bond motifs is 1. The van der Waals surface area contributed by atoms with E-state index in [0.717, 1.165) is 53.3 Å². The summed E-state index contributed by atoms with van der Waals surface area (Å²) in [5, 5.41) is 4.14. The molecule has 3 heterocycles. The minimum Gasteiger partial charge on any atom is -0.465 e. The lowest BCUT2D eigenvalue weighted by atomic mass is 9.95. The summed E-state index contributed by atoms with van der Waals surface area (Å²) >= 11 is 0. The van der Waals surface area contributed by atoms with Gasteiger partial charge in [-0.25, -0.2) is 9.97 Å². The molecule has 0 N–H and O–H groups in total. The lowest BCUT2D eigenvalue weighted by Crippen LogP contribution is -2.20. The number of hydrogen-bond donors (Lipinski definition) is 0. The van der Waals surface area contributed by atoms with E-state index in [2.05, 4.69) is 15.1 Å². The van der Waals surface area contributed by atoms with Crippen LogP contribution in [-0.2, 0) is 27.2 Å². The SMILES string of the molecule is CCOC(=O)C(CCc1ncc2c(n1)/C(=N/OC)CCC2)c1cccc(-c2cccc(C)n2)n1. The molecular formula is C26H29N5O3. The Morgan fingerprint density at radius 3 is 2.65 bits per heavy atom. The lowest BCUT2D eigenvalue weighted by Gasteiger charge is -2.18. The van der Waals surface area contributed by atoms with Crippen LogP contribution in [-0.4, -0.2) is 45.3 Å². The van der Waals surface area contributed by atoms with Crippen molar-refractivity contribution >= 4 is 11.7 Å². The van der Waals surface area contributed by atoms with E-state index in [4.69, 9.17) is 19.5 Å². The van der Waals surface area contributed by atoms with E-state index in [9.17, 15) is 4.79 Å². The highest BCUT2D eigenvalue weighted by atomic mass is 16.6. The predicted molar refractivity (Wildman–Crippen MR) is 128 cm³/mol. The van der Waals surface area contributed by atoms with Gasteiger partial charge in [0.2, 0.25) is 0 Å². The maximum absolute atomic E-state index is 12.9. The second-order valence-electron chi connectivity index (χ2n) is 8.19. The van der Waals surface area contributed by atoms with Gasteiger partial charge >= 0.3 is 5.97 Å². The summed E-state index contributed by atoms with van der Waals surface area (Å²) in [7, 11) is 1.54. The molecule has 8 heteroatoms. The molecule has 0 spiro atoms. The van der Waals surface area contributed by atoms with Gasteiger partial charge in [-0.3, -0.25) is 14.8 Å². The van der Waals surface area contributed by atoms with Crippen molar-refractivity contribution in [2.45, 2.75) is 51.9 Å². The van der Waals surface area contributed by atoms with Gasteiger partial charge in [-0.1, -0.05) is 17.3 Å². The Morgan fingerprint density at radius 2 is 1.88 bits per heavy atom. The van der Waals surface area contributed by atoms with Crippen LogP contribution in [0.15, 0.2) is 47.8 Å². The molecule has 1 unspecified atom stereocenters. The van der Waals surface area contributed by atoms with Crippen molar-refractivity contribution in [2.75, 3.05) is 13.7 Å². The highest BCUT2D eigenvalue weighted by Gasteiger charge is 2.25. The van der Waals surface area contributed by atoms with Crippen LogP contribution >= 0.6 is 0 Å². The minimum atomic E-state index is -0.531. The van der Waals surface area contributed by atoms with Crippen molar-refractivity contribution in [2.24, 2.45) is 5.16 Å². The van der Waals surface area contributed by atoms with Crippen LogP contribution in [0.3, 0.4) is 0 Å². The molecule has 8 nitrogen and oxygen atoms in total. The number of nitrogens with zero attached hydrogens (tertiary/aromatic N) is 5. The molecule has 0 saturated heterocycles. The number of pyridine rings is 2. The number of hydrogen-bond acceptors (Lipinski definition) is 8. The Bertz CT molecular complexity index is 1190. The van der Waals surface area contributed by atoms with E-state index in [1.807, 2.05) is 49.5 Å². The number of carbonyl (C=O) groups excluding carboxylic acids is 1. The molecule has 0 aromatic carbocycles. The molecule has 4 rings (SSSR count). The Labute approximate surface area is 199 Å². The average Bonchev–Trinajstić information content (AvgIpc) is 2.85. The first-order valence-electron chi connectivity index (χ1n) is 11.6. The van der Waals surface area contributed by atoms with Crippen molar-refractivity contribution in [3.63, 3.8) is 0 Å². The Kier molecular flexibility index (Phi) is 7.57. The Balaban J connectivity index is 1.59. The van der Waals surface area contributed by atoms with Crippen molar-refractivity contribution in [1.82, 2.24) is 19.9 Å². The summed E-state index contributed by atoms with van der Waals surface area (Å²) in [5.41, 5.74) is 5.82. The number of carbonyl (C=O) groups is 1. The average molecular weight is 460 g/mol. The third-order valence-corrected chi connectivity index (χ3v) is 5.76. The van der Waals surface area contributed by atoms with Gasteiger partial charge in [-0.05, 0) is 69.4 Å². The van der Waals surface area contributed by atoms with Crippen molar-refractivity contribution in [1.29, 1.82) is 0 Å². The Morgan fingerprint density at radius 1 is 1.09 bits per heavy atom. The summed E-state index contributed by atoms with van der Waals surface area (Å²) in [6, 6.07) is 11.5. The monoisotopic (exact) mass is 459 g/mol. The third-order valence-electron chi connectivity index (χ3n) is 5.76. The zero-order valence-electron chi connectivity index (χ0n) is 19.8. The van der Waals surface area contributed by atoms with E-state index in [1.165, 1.54) is 0 Å². The Hall–Kier alpha value is -3.68. The van der Waals surface area contributed by atoms with E-state index >= 15 is 0 Å². The fourth-order valence-corrected chi connectivity index (χ4v) is 4.14. The maximum atomic E-state index is 12.9. The van der Waals surface area contributed by atoms with E-state index < -0.39 is 5.92 Å². The molecule has 0 bridgehead atoms. The summed E-state index contributed by atoms with van der Waals surface area (Å²) < 4.78 is 5.38. The van der Waals surface area contributed by atoms with Gasteiger partial charge in [-0.2, -0.15) is 0 Å². The molecule has 0 aliphatic heterocycles. The van der Waals surface area contributed by atoms with E-state index in [1.54, 1.807) is 14.0 Å². The molecule has 176 valence electrons. The molecule has 34 heavy (non-hydrogen) atoms. The number of esters is 1. The van der Waals surface area contributed by atoms with Crippen LogP contribution in [0, 0.1) is 6.92 Å². The highest BCUT2D eigenvalue weighted by Crippen LogP contribution is 2.25. The smallest absolute Gasteiger partial charge is 0.315 e. The lowest BCUT2D eigenvalue weighted by molar-refractivity contribution is -0.145. The fraction of sp³-hybridized carbons (Fsp3) is 0.385. The topological polar surface area (TPSA) is 99.5 Å². The number of oxime groups is 1. The van der Waals surface area contributed by atoms with E-state index in [-0.39, 0.29) is 5.97 Å². The van der Waals surface area contributed by atoms with Gasteiger partial charge in [0.1, 0.15) is 18.6 Å². The number of aryl methyl sites for hydroxylation is 3. The first-order valence-corrected chi connectivity index (χ1v) is 11.6. The number of aromatic nitrogens is 4. The normalized spacial score (nSPS) is 15.0. The molecule has 0 saturated carbocycles. The predicted octanol–water partition coefficient (Wildman–Crippen LogP) is 4.21. The van der Waals surface area contributed by atoms with Crippen LogP contribution in [0.25, 0.3) is 11.4 Å². The summed E-state index contributed by atoms with van der Waals surface area (Å²) in [5.74, 6) is -0.171. The molecule has 0 fully saturated rings. The molecule has 0 amide bonds. The van der Waals surface area contributed by atoms with Gasteiger partial charge in [-0.15, -0.1) is 0 Å². The molecule has 1 aliphatic carbocycles. The molecule has 1 aliphatic rings. The van der Waals surface area contributed by atoms with Crippen LogP contribution in [0.5, 0.6) is 0 Å². The van der Waals surface area contributed by atoms with Gasteiger partial charge in [0.15, 0.2) is 0 Å². The van der Waals surface area contributed by atoms with Crippen molar-refractivity contribution in [3.8, 4) is 11.4 Å². The quantitative estimate of drug-likeness (QED) is 0.367. The molecular weight excluding hydrogens is 430 g/mol. The number of ether oxygens (including phenoxy) is 1. The fourth-order valence-electron chi connectivity index (χ4n) is 4.14. The standard InChI is InChI=1S/C26H29N5O3/c1-4-34-26(32)19(20-10-7-12-22(29-20)21-11-5-8-17(2)28-21)14-15-24-27-16-18-9-6-13-23(31-33-3)25(18)30-24/h5,7-8,10-12,16,19H,4,6,9,13-15H2,1-3H3/b31-23+. The summed E-state index contributed by atoms with van der Waals surface area (Å²) in [6.45, 7) is 4.05. The van der Waals surface area contributed by atoms with Gasteiger partial charge in [0.25, 0.3) is 0 Å². The zero-order valence-corrected chi connectivity index (χ0v) is 19.8. The first-order chi connectivity index (χ1) is 16.6. The summed E-state index contributed by atoms with van der Waals surface area (Å²) in [6.07, 6.45) is 5.60. The second kappa shape index (κ2) is 11.0. The van der Waals surface area contributed by atoms with Gasteiger partial charge in [0.05, 0.1) is 35.3 Å². The van der Waals surface area contributed by atoms with Crippen molar-refractivity contribution < 1.29 is 14.4 Å².